The SMILES string of the molecule is Fc1c(F)c(F)c([B-](c2c(F)c(F)c(F)c(F)c2F)(C2CCCC2)C2CCCC2)c(F)c1F. The Kier molecular flexibility index (Phi) is 6.20. The highest BCUT2D eigenvalue weighted by molar-refractivity contribution is 7.04. The average molecular weight is 483 g/mol. The van der Waals surface area contributed by atoms with Crippen molar-refractivity contribution in [1.29, 1.82) is 0 Å². The fourth-order valence-electron chi connectivity index (χ4n) is 6.52. The Balaban J connectivity index is 2.24. The Morgan fingerprint density at radius 2 is 0.576 bits per heavy atom. The van der Waals surface area contributed by atoms with E-state index >= 15 is 17.6 Å². The maximum atomic E-state index is 15.2. The van der Waals surface area contributed by atoms with Crippen LogP contribution < -0.4 is 10.9 Å². The van der Waals surface area contributed by atoms with Crippen LogP contribution in [0.4, 0.5) is 43.9 Å². The summed E-state index contributed by atoms with van der Waals surface area (Å²) in [5.41, 5.74) is -2.93. The molecule has 0 spiro atoms. The molecule has 0 amide bonds. The topological polar surface area (TPSA) is 0 Å². The summed E-state index contributed by atoms with van der Waals surface area (Å²) in [5.74, 6) is -25.5. The fourth-order valence-corrected chi connectivity index (χ4v) is 6.52. The third-order valence-corrected chi connectivity index (χ3v) is 7.73. The summed E-state index contributed by atoms with van der Waals surface area (Å²) in [6, 6.07) is 0. The third-order valence-electron chi connectivity index (χ3n) is 7.73. The molecule has 2 aliphatic carbocycles. The molecule has 0 aromatic heterocycles. The van der Waals surface area contributed by atoms with Gasteiger partial charge in [-0.2, -0.15) is 11.6 Å². The minimum atomic E-state index is -3.62. The molecule has 2 fully saturated rings. The lowest BCUT2D eigenvalue weighted by Gasteiger charge is -2.52. The molecule has 0 unspecified atom stereocenters. The van der Waals surface area contributed by atoms with Gasteiger partial charge < -0.3 is 0 Å². The maximum Gasteiger partial charge on any atom is 0.200 e. The van der Waals surface area contributed by atoms with Crippen molar-refractivity contribution in [2.45, 2.75) is 63.0 Å². The minimum Gasteiger partial charge on any atom is -0.207 e. The summed E-state index contributed by atoms with van der Waals surface area (Å²) in [6.07, 6.45) is -1.67. The first-order valence-corrected chi connectivity index (χ1v) is 10.8. The maximum absolute atomic E-state index is 15.2. The van der Waals surface area contributed by atoms with E-state index in [-0.39, 0.29) is 25.7 Å². The van der Waals surface area contributed by atoms with E-state index in [1.54, 1.807) is 0 Å². The van der Waals surface area contributed by atoms with Crippen LogP contribution in [-0.4, -0.2) is 6.15 Å². The largest absolute Gasteiger partial charge is 0.207 e. The van der Waals surface area contributed by atoms with Crippen LogP contribution >= 0.6 is 0 Å². The summed E-state index contributed by atoms with van der Waals surface area (Å²) >= 11 is 0. The van der Waals surface area contributed by atoms with E-state index in [2.05, 4.69) is 0 Å². The molecule has 0 heterocycles. The number of hydrogen-bond donors (Lipinski definition) is 0. The number of benzene rings is 2. The van der Waals surface area contributed by atoms with Crippen LogP contribution in [0, 0.1) is 58.2 Å². The molecule has 0 saturated heterocycles. The van der Waals surface area contributed by atoms with Crippen molar-refractivity contribution in [3.8, 4) is 0 Å². The van der Waals surface area contributed by atoms with Crippen LogP contribution in [-0.2, 0) is 0 Å². The van der Waals surface area contributed by atoms with Crippen molar-refractivity contribution in [3.63, 3.8) is 0 Å². The third kappa shape index (κ3) is 3.28. The van der Waals surface area contributed by atoms with Crippen LogP contribution in [0.25, 0.3) is 0 Å². The quantitative estimate of drug-likeness (QED) is 0.201. The Labute approximate surface area is 182 Å². The van der Waals surface area contributed by atoms with Gasteiger partial charge in [0.15, 0.2) is 34.9 Å². The van der Waals surface area contributed by atoms with Gasteiger partial charge in [0.25, 0.3) is 0 Å². The molecule has 0 aliphatic heterocycles. The van der Waals surface area contributed by atoms with Crippen molar-refractivity contribution < 1.29 is 43.9 Å². The molecular weight excluding hydrogens is 465 g/mol. The molecule has 2 aromatic carbocycles. The molecule has 2 saturated carbocycles. The zero-order valence-electron chi connectivity index (χ0n) is 17.2. The van der Waals surface area contributed by atoms with Gasteiger partial charge in [0.05, 0.1) is 6.15 Å². The van der Waals surface area contributed by atoms with E-state index < -0.39 is 86.9 Å². The van der Waals surface area contributed by atoms with Crippen LogP contribution in [0.2, 0.25) is 11.6 Å². The molecule has 2 aromatic rings. The number of hydrogen-bond acceptors (Lipinski definition) is 0. The van der Waals surface area contributed by atoms with Gasteiger partial charge in [-0.3, -0.25) is 0 Å². The highest BCUT2D eigenvalue weighted by Crippen LogP contribution is 2.51. The van der Waals surface area contributed by atoms with E-state index in [0.29, 0.717) is 25.7 Å². The van der Waals surface area contributed by atoms with E-state index in [9.17, 15) is 26.3 Å². The lowest BCUT2D eigenvalue weighted by Crippen LogP contribution is -2.68. The summed E-state index contributed by atoms with van der Waals surface area (Å²) < 4.78 is 146. The second kappa shape index (κ2) is 8.54. The predicted molar refractivity (Wildman–Crippen MR) is 102 cm³/mol. The van der Waals surface area contributed by atoms with Gasteiger partial charge in [-0.1, -0.05) is 51.4 Å². The first kappa shape index (κ1) is 23.9. The van der Waals surface area contributed by atoms with Crippen LogP contribution in [0.3, 0.4) is 0 Å². The Morgan fingerprint density at radius 1 is 0.364 bits per heavy atom. The van der Waals surface area contributed by atoms with Gasteiger partial charge in [0.2, 0.25) is 0 Å². The monoisotopic (exact) mass is 483 g/mol. The molecule has 33 heavy (non-hydrogen) atoms. The average Bonchev–Trinajstić information content (AvgIpc) is 3.53. The van der Waals surface area contributed by atoms with Crippen LogP contribution in [0.15, 0.2) is 0 Å². The first-order valence-electron chi connectivity index (χ1n) is 10.8. The highest BCUT2D eigenvalue weighted by Gasteiger charge is 2.51. The zero-order chi connectivity index (χ0) is 24.2. The summed E-state index contributed by atoms with van der Waals surface area (Å²) in [4.78, 5) is 0. The van der Waals surface area contributed by atoms with E-state index in [0.717, 1.165) is 0 Å². The number of rotatable bonds is 4. The lowest BCUT2D eigenvalue weighted by molar-refractivity contribution is 0.380. The molecule has 0 atom stereocenters. The van der Waals surface area contributed by atoms with Gasteiger partial charge in [0, 0.05) is 0 Å². The lowest BCUT2D eigenvalue weighted by atomic mass is 9.07. The van der Waals surface area contributed by atoms with Crippen molar-refractivity contribution in [2.24, 2.45) is 0 Å². The van der Waals surface area contributed by atoms with E-state index in [1.165, 1.54) is 0 Å². The predicted octanol–water partition coefficient (Wildman–Crippen LogP) is 6.53. The molecule has 11 heteroatoms. The normalized spacial score (nSPS) is 18.0. The molecule has 2 aliphatic rings. The van der Waals surface area contributed by atoms with Crippen molar-refractivity contribution in [2.75, 3.05) is 0 Å². The van der Waals surface area contributed by atoms with Gasteiger partial charge in [0.1, 0.15) is 23.3 Å². The summed E-state index contributed by atoms with van der Waals surface area (Å²) in [7, 11) is 0. The van der Waals surface area contributed by atoms with Crippen molar-refractivity contribution in [1.82, 2.24) is 0 Å². The van der Waals surface area contributed by atoms with Crippen molar-refractivity contribution >= 4 is 17.1 Å². The van der Waals surface area contributed by atoms with Gasteiger partial charge in [-0.15, -0.1) is 10.9 Å². The zero-order valence-corrected chi connectivity index (χ0v) is 17.2. The van der Waals surface area contributed by atoms with Gasteiger partial charge in [-0.05, 0) is 0 Å². The Bertz CT molecular complexity index is 958. The Morgan fingerprint density at radius 3 is 0.818 bits per heavy atom. The van der Waals surface area contributed by atoms with Crippen LogP contribution in [0.5, 0.6) is 0 Å². The van der Waals surface area contributed by atoms with E-state index in [4.69, 9.17) is 0 Å². The molecule has 0 bridgehead atoms. The second-order valence-electron chi connectivity index (χ2n) is 9.06. The van der Waals surface area contributed by atoms with E-state index in [1.807, 2.05) is 0 Å². The molecule has 180 valence electrons. The second-order valence-corrected chi connectivity index (χ2v) is 9.06. The van der Waals surface area contributed by atoms with Gasteiger partial charge >= 0.3 is 0 Å². The molecule has 0 radical (unpaired) electrons. The molecule has 0 N–H and O–H groups in total. The first-order chi connectivity index (χ1) is 15.6. The molecular formula is C22H18BF10-. The smallest absolute Gasteiger partial charge is 0.200 e. The molecule has 0 nitrogen and oxygen atoms in total. The summed E-state index contributed by atoms with van der Waals surface area (Å²) in [5, 5.41) is 0. The fraction of sp³-hybridized carbons (Fsp3) is 0.455. The number of halogens is 10. The minimum absolute atomic E-state index is 0.0789. The van der Waals surface area contributed by atoms with Crippen LogP contribution in [0.1, 0.15) is 51.4 Å². The van der Waals surface area contributed by atoms with Gasteiger partial charge in [-0.25, -0.2) is 43.9 Å². The highest BCUT2D eigenvalue weighted by atomic mass is 19.2. The Hall–Kier alpha value is -2.20. The molecule has 4 rings (SSSR count). The van der Waals surface area contributed by atoms with Crippen molar-refractivity contribution in [3.05, 3.63) is 58.2 Å². The standard InChI is InChI=1S/C22H18BF10/c24-13-11(14(25)18(29)21(32)17(13)28)23(9-5-1-2-6-9,10-7-3-4-8-10)12-15(26)19(30)22(33)20(31)16(12)27/h9-10H,1-8H2/q-1. The summed E-state index contributed by atoms with van der Waals surface area (Å²) in [6.45, 7) is 0.